The van der Waals surface area contributed by atoms with E-state index in [4.69, 9.17) is 11.6 Å². The SMILES string of the molecule is CC1=C[C@@H]2N(c3ccccc31)[C@H](C(=O)c1ccc(Cl)cc1)[C@H](C(=O)c1ccccc1)[C@@]21C(=O)Nc2ccccc21. The van der Waals surface area contributed by atoms with Gasteiger partial charge < -0.3 is 10.2 Å². The van der Waals surface area contributed by atoms with E-state index in [0.717, 1.165) is 22.4 Å². The molecule has 5 nitrogen and oxygen atoms in total. The van der Waals surface area contributed by atoms with Gasteiger partial charge in [-0.3, -0.25) is 14.4 Å². The molecule has 0 unspecified atom stereocenters. The van der Waals surface area contributed by atoms with Crippen molar-refractivity contribution < 1.29 is 14.4 Å². The summed E-state index contributed by atoms with van der Waals surface area (Å²) in [5.74, 6) is -1.74. The predicted molar refractivity (Wildman–Crippen MR) is 157 cm³/mol. The van der Waals surface area contributed by atoms with Crippen molar-refractivity contribution in [3.05, 3.63) is 136 Å². The molecule has 1 fully saturated rings. The Labute approximate surface area is 237 Å². The molecular formula is C34H25ClN2O3. The third kappa shape index (κ3) is 3.31. The van der Waals surface area contributed by atoms with E-state index in [1.807, 2.05) is 66.4 Å². The van der Waals surface area contributed by atoms with Crippen LogP contribution in [0, 0.1) is 5.92 Å². The van der Waals surface area contributed by atoms with E-state index in [9.17, 15) is 14.4 Å². The Morgan fingerprint density at radius 3 is 2.23 bits per heavy atom. The van der Waals surface area contributed by atoms with Gasteiger partial charge in [-0.15, -0.1) is 0 Å². The van der Waals surface area contributed by atoms with Crippen LogP contribution in [0.15, 0.2) is 109 Å². The molecule has 0 aromatic heterocycles. The Bertz CT molecular complexity index is 1730. The van der Waals surface area contributed by atoms with Crippen LogP contribution in [0.5, 0.6) is 0 Å². The lowest BCUT2D eigenvalue weighted by molar-refractivity contribution is -0.121. The van der Waals surface area contributed by atoms with Crippen molar-refractivity contribution in [3.8, 4) is 0 Å². The first-order valence-electron chi connectivity index (χ1n) is 13.3. The van der Waals surface area contributed by atoms with Crippen molar-refractivity contribution in [2.75, 3.05) is 10.2 Å². The maximum Gasteiger partial charge on any atom is 0.238 e. The van der Waals surface area contributed by atoms with Gasteiger partial charge in [0.05, 0.1) is 12.0 Å². The maximum absolute atomic E-state index is 14.7. The Hall–Kier alpha value is -4.48. The number of Topliss-reactive ketones (excluding diaryl/α,β-unsaturated/α-hetero) is 2. The van der Waals surface area contributed by atoms with Gasteiger partial charge in [-0.1, -0.05) is 84.4 Å². The predicted octanol–water partition coefficient (Wildman–Crippen LogP) is 6.59. The van der Waals surface area contributed by atoms with Crippen LogP contribution in [-0.4, -0.2) is 29.6 Å². The molecule has 0 radical (unpaired) electrons. The highest BCUT2D eigenvalue weighted by atomic mass is 35.5. The fourth-order valence-electron chi connectivity index (χ4n) is 6.95. The first-order valence-corrected chi connectivity index (χ1v) is 13.7. The van der Waals surface area contributed by atoms with Gasteiger partial charge in [-0.25, -0.2) is 0 Å². The zero-order chi connectivity index (χ0) is 27.6. The molecule has 7 rings (SSSR count). The van der Waals surface area contributed by atoms with Gasteiger partial charge in [-0.05, 0) is 54.5 Å². The molecule has 0 saturated carbocycles. The number of fused-ring (bicyclic) bond motifs is 6. The van der Waals surface area contributed by atoms with Crippen LogP contribution in [0.4, 0.5) is 11.4 Å². The number of para-hydroxylation sites is 2. The number of carbonyl (C=O) groups is 3. The van der Waals surface area contributed by atoms with Crippen LogP contribution in [0.25, 0.3) is 5.57 Å². The van der Waals surface area contributed by atoms with E-state index in [0.29, 0.717) is 21.8 Å². The van der Waals surface area contributed by atoms with Gasteiger partial charge in [0.25, 0.3) is 0 Å². The summed E-state index contributed by atoms with van der Waals surface area (Å²) in [6, 6.07) is 29.6. The van der Waals surface area contributed by atoms with Gasteiger partial charge in [0, 0.05) is 33.1 Å². The molecule has 1 N–H and O–H groups in total. The van der Waals surface area contributed by atoms with Crippen LogP contribution in [0.1, 0.15) is 38.8 Å². The summed E-state index contributed by atoms with van der Waals surface area (Å²) in [4.78, 5) is 45.7. The van der Waals surface area contributed by atoms with Crippen LogP contribution in [0.3, 0.4) is 0 Å². The number of hydrogen-bond donors (Lipinski definition) is 1. The number of carbonyl (C=O) groups excluding carboxylic acids is 3. The number of ketones is 2. The summed E-state index contributed by atoms with van der Waals surface area (Å²) in [5.41, 5.74) is 3.78. The Morgan fingerprint density at radius 2 is 1.45 bits per heavy atom. The van der Waals surface area contributed by atoms with Crippen LogP contribution in [-0.2, 0) is 10.2 Å². The Morgan fingerprint density at radius 1 is 0.800 bits per heavy atom. The molecule has 0 aliphatic carbocycles. The lowest BCUT2D eigenvalue weighted by Crippen LogP contribution is -2.51. The number of amides is 1. The average Bonchev–Trinajstić information content (AvgIpc) is 3.45. The van der Waals surface area contributed by atoms with Crippen molar-refractivity contribution in [1.82, 2.24) is 0 Å². The van der Waals surface area contributed by atoms with Crippen LogP contribution in [0.2, 0.25) is 5.02 Å². The number of rotatable bonds is 4. The summed E-state index contributed by atoms with van der Waals surface area (Å²) >= 11 is 6.17. The van der Waals surface area contributed by atoms with E-state index in [1.54, 1.807) is 48.5 Å². The molecule has 1 saturated heterocycles. The highest BCUT2D eigenvalue weighted by Crippen LogP contribution is 2.58. The third-order valence-corrected chi connectivity index (χ3v) is 8.87. The molecular weight excluding hydrogens is 520 g/mol. The second-order valence-corrected chi connectivity index (χ2v) is 11.0. The first kappa shape index (κ1) is 24.6. The maximum atomic E-state index is 14.7. The minimum atomic E-state index is -1.33. The van der Waals surface area contributed by atoms with E-state index in [-0.39, 0.29) is 17.5 Å². The van der Waals surface area contributed by atoms with E-state index < -0.39 is 23.4 Å². The molecule has 196 valence electrons. The number of allylic oxidation sites excluding steroid dienone is 1. The van der Waals surface area contributed by atoms with Crippen molar-refractivity contribution in [2.45, 2.75) is 24.4 Å². The third-order valence-electron chi connectivity index (χ3n) is 8.62. The first-order chi connectivity index (χ1) is 19.4. The van der Waals surface area contributed by atoms with Gasteiger partial charge in [0.1, 0.15) is 11.5 Å². The van der Waals surface area contributed by atoms with E-state index in [2.05, 4.69) is 11.4 Å². The number of anilines is 2. The highest BCUT2D eigenvalue weighted by Gasteiger charge is 2.70. The Balaban J connectivity index is 1.56. The van der Waals surface area contributed by atoms with Gasteiger partial charge >= 0.3 is 0 Å². The molecule has 0 bridgehead atoms. The molecule has 3 heterocycles. The normalized spacial score (nSPS) is 24.1. The zero-order valence-electron chi connectivity index (χ0n) is 21.7. The fraction of sp³-hybridized carbons (Fsp3) is 0.147. The molecule has 1 amide bonds. The molecule has 4 atom stereocenters. The van der Waals surface area contributed by atoms with Crippen molar-refractivity contribution in [3.63, 3.8) is 0 Å². The van der Waals surface area contributed by atoms with E-state index >= 15 is 0 Å². The van der Waals surface area contributed by atoms with Crippen LogP contribution < -0.4 is 10.2 Å². The fourth-order valence-corrected chi connectivity index (χ4v) is 7.08. The topological polar surface area (TPSA) is 66.5 Å². The highest BCUT2D eigenvalue weighted by molar-refractivity contribution is 6.30. The van der Waals surface area contributed by atoms with E-state index in [1.165, 1.54) is 0 Å². The summed E-state index contributed by atoms with van der Waals surface area (Å²) in [6.07, 6.45) is 2.06. The van der Waals surface area contributed by atoms with Gasteiger partial charge in [-0.2, -0.15) is 0 Å². The molecule has 4 aromatic rings. The zero-order valence-corrected chi connectivity index (χ0v) is 22.4. The molecule has 40 heavy (non-hydrogen) atoms. The van der Waals surface area contributed by atoms with Crippen molar-refractivity contribution >= 4 is 46.0 Å². The second-order valence-electron chi connectivity index (χ2n) is 10.6. The quantitative estimate of drug-likeness (QED) is 0.294. The standard InChI is InChI=1S/C34H25ClN2O3/c1-20-19-28-34(25-12-6-7-13-26(25)36-33(34)40)29(31(38)21-9-3-2-4-10-21)30(32(39)22-15-17-23(35)18-16-22)37(28)27-14-8-5-11-24(20)27/h2-19,28-30H,1H3,(H,36,40)/t28-,29+,30-,34-/m0/s1. The average molecular weight is 545 g/mol. The molecule has 6 heteroatoms. The lowest BCUT2D eigenvalue weighted by atomic mass is 9.64. The van der Waals surface area contributed by atoms with Crippen molar-refractivity contribution in [2.24, 2.45) is 5.92 Å². The number of benzene rings is 4. The van der Waals surface area contributed by atoms with Gasteiger partial charge in [0.15, 0.2) is 11.6 Å². The number of nitrogens with one attached hydrogen (secondary N) is 1. The minimum absolute atomic E-state index is 0.229. The van der Waals surface area contributed by atoms with Crippen molar-refractivity contribution in [1.29, 1.82) is 0 Å². The largest absolute Gasteiger partial charge is 0.352 e. The van der Waals surface area contributed by atoms with Gasteiger partial charge in [0.2, 0.25) is 5.91 Å². The molecule has 3 aliphatic rings. The number of hydrogen-bond acceptors (Lipinski definition) is 4. The molecule has 3 aliphatic heterocycles. The summed E-state index contributed by atoms with van der Waals surface area (Å²) in [5, 5.41) is 3.58. The summed E-state index contributed by atoms with van der Waals surface area (Å²) in [6.45, 7) is 2.02. The molecule has 4 aromatic carbocycles. The molecule has 1 spiro atoms. The Kier molecular flexibility index (Phi) is 5.55. The second kappa shape index (κ2) is 9.04. The minimum Gasteiger partial charge on any atom is -0.352 e. The summed E-state index contributed by atoms with van der Waals surface area (Å²) < 4.78 is 0. The number of halogens is 1. The number of nitrogens with zero attached hydrogens (tertiary/aromatic N) is 1. The summed E-state index contributed by atoms with van der Waals surface area (Å²) in [7, 11) is 0. The smallest absolute Gasteiger partial charge is 0.238 e. The lowest BCUT2D eigenvalue weighted by Gasteiger charge is -2.39. The monoisotopic (exact) mass is 544 g/mol. The van der Waals surface area contributed by atoms with Crippen LogP contribution >= 0.6 is 11.6 Å².